The summed E-state index contributed by atoms with van der Waals surface area (Å²) in [6.07, 6.45) is 0. The molecule has 0 saturated carbocycles. The average Bonchev–Trinajstić information content (AvgIpc) is 2.73. The molecular weight excluding hydrogens is 253 g/mol. The minimum Gasteiger partial charge on any atom is -0.303 e. The predicted molar refractivity (Wildman–Crippen MR) is 69.4 cm³/mol. The molecule has 4 nitrogen and oxygen atoms in total. The van der Waals surface area contributed by atoms with Gasteiger partial charge in [0, 0.05) is 10.8 Å². The van der Waals surface area contributed by atoms with Gasteiger partial charge in [0.2, 0.25) is 5.82 Å². The highest BCUT2D eigenvalue weighted by Gasteiger charge is 2.19. The first-order valence-corrected chi connectivity index (χ1v) is 6.40. The maximum absolute atomic E-state index is 13.2. The van der Waals surface area contributed by atoms with Gasteiger partial charge in [0.25, 0.3) is 5.56 Å². The van der Waals surface area contributed by atoms with Gasteiger partial charge in [-0.05, 0) is 6.92 Å². The van der Waals surface area contributed by atoms with Gasteiger partial charge in [-0.1, -0.05) is 20.8 Å². The normalized spacial score (nSPS) is 11.8. The number of aromatic amines is 1. The molecule has 0 spiro atoms. The van der Waals surface area contributed by atoms with Gasteiger partial charge in [0.05, 0.1) is 10.7 Å². The molecule has 96 valence electrons. The van der Waals surface area contributed by atoms with Gasteiger partial charge in [-0.15, -0.1) is 11.3 Å². The van der Waals surface area contributed by atoms with Crippen molar-refractivity contribution in [1.82, 2.24) is 15.0 Å². The van der Waals surface area contributed by atoms with Crippen LogP contribution >= 0.6 is 11.3 Å². The molecule has 1 N–H and O–H groups in total. The molecule has 0 saturated heterocycles. The maximum atomic E-state index is 13.2. The standard InChI is InChI=1S/C12H14FN3OS/c1-6-8(13)10(17)16-9(14-6)7-5-18-11(15-7)12(2,3)4/h5H,1-4H3,(H,14,16,17). The van der Waals surface area contributed by atoms with E-state index in [0.29, 0.717) is 11.5 Å². The number of nitrogens with zero attached hydrogens (tertiary/aromatic N) is 2. The predicted octanol–water partition coefficient (Wildman–Crippen LogP) is 2.64. The zero-order chi connectivity index (χ0) is 13.5. The lowest BCUT2D eigenvalue weighted by molar-refractivity contribution is 0.583. The van der Waals surface area contributed by atoms with E-state index in [-0.39, 0.29) is 11.1 Å². The van der Waals surface area contributed by atoms with E-state index >= 15 is 0 Å². The minimum atomic E-state index is -0.843. The van der Waals surface area contributed by atoms with Crippen LogP contribution in [-0.4, -0.2) is 15.0 Å². The minimum absolute atomic E-state index is 0.0573. The van der Waals surface area contributed by atoms with Crippen LogP contribution in [0.3, 0.4) is 0 Å². The quantitative estimate of drug-likeness (QED) is 0.864. The Kier molecular flexibility index (Phi) is 3.06. The molecule has 0 aliphatic rings. The van der Waals surface area contributed by atoms with Crippen LogP contribution in [0.4, 0.5) is 4.39 Å². The number of aryl methyl sites for hydroxylation is 1. The third kappa shape index (κ3) is 2.33. The average molecular weight is 267 g/mol. The van der Waals surface area contributed by atoms with Gasteiger partial charge in [0.15, 0.2) is 5.82 Å². The first-order chi connectivity index (χ1) is 8.29. The van der Waals surface area contributed by atoms with Crippen molar-refractivity contribution in [2.24, 2.45) is 0 Å². The second kappa shape index (κ2) is 4.28. The maximum Gasteiger partial charge on any atom is 0.287 e. The van der Waals surface area contributed by atoms with E-state index in [0.717, 1.165) is 5.01 Å². The molecule has 6 heteroatoms. The summed E-state index contributed by atoms with van der Waals surface area (Å²) in [6.45, 7) is 7.64. The number of hydrogen-bond donors (Lipinski definition) is 1. The van der Waals surface area contributed by atoms with Gasteiger partial charge < -0.3 is 4.98 Å². The molecule has 0 aliphatic heterocycles. The molecule has 0 aromatic carbocycles. The van der Waals surface area contributed by atoms with E-state index in [4.69, 9.17) is 0 Å². The zero-order valence-electron chi connectivity index (χ0n) is 10.7. The summed E-state index contributed by atoms with van der Waals surface area (Å²) in [7, 11) is 0. The Morgan fingerprint density at radius 2 is 2.00 bits per heavy atom. The fourth-order valence-corrected chi connectivity index (χ4v) is 2.31. The van der Waals surface area contributed by atoms with Crippen molar-refractivity contribution in [2.75, 3.05) is 0 Å². The number of halogens is 1. The van der Waals surface area contributed by atoms with E-state index in [1.807, 2.05) is 5.38 Å². The van der Waals surface area contributed by atoms with Crippen LogP contribution < -0.4 is 5.56 Å². The molecule has 0 aliphatic carbocycles. The molecule has 18 heavy (non-hydrogen) atoms. The summed E-state index contributed by atoms with van der Waals surface area (Å²) < 4.78 is 13.2. The number of H-pyrrole nitrogens is 1. The zero-order valence-corrected chi connectivity index (χ0v) is 11.5. The molecule has 0 amide bonds. The van der Waals surface area contributed by atoms with Gasteiger partial charge >= 0.3 is 0 Å². The van der Waals surface area contributed by atoms with Crippen molar-refractivity contribution >= 4 is 11.3 Å². The van der Waals surface area contributed by atoms with Crippen LogP contribution in [0.5, 0.6) is 0 Å². The van der Waals surface area contributed by atoms with Gasteiger partial charge in [-0.3, -0.25) is 4.79 Å². The van der Waals surface area contributed by atoms with Crippen LogP contribution in [0, 0.1) is 12.7 Å². The molecular formula is C12H14FN3OS. The van der Waals surface area contributed by atoms with E-state index in [1.54, 1.807) is 0 Å². The molecule has 0 unspecified atom stereocenters. The van der Waals surface area contributed by atoms with E-state index < -0.39 is 11.4 Å². The fourth-order valence-electron chi connectivity index (χ4n) is 1.42. The Labute approximate surface area is 108 Å². The lowest BCUT2D eigenvalue weighted by Gasteiger charge is -2.13. The summed E-state index contributed by atoms with van der Waals surface area (Å²) in [4.78, 5) is 22.2. The summed E-state index contributed by atoms with van der Waals surface area (Å²) >= 11 is 1.50. The third-order valence-corrected chi connectivity index (χ3v) is 3.68. The van der Waals surface area contributed by atoms with Crippen LogP contribution in [0.25, 0.3) is 11.5 Å². The molecule has 2 aromatic heterocycles. The topological polar surface area (TPSA) is 58.6 Å². The number of nitrogens with one attached hydrogen (secondary N) is 1. The monoisotopic (exact) mass is 267 g/mol. The molecule has 2 rings (SSSR count). The van der Waals surface area contributed by atoms with E-state index in [9.17, 15) is 9.18 Å². The summed E-state index contributed by atoms with van der Waals surface area (Å²) in [5.41, 5.74) is -0.162. The third-order valence-electron chi connectivity index (χ3n) is 2.42. The number of hydrogen-bond acceptors (Lipinski definition) is 4. The Bertz CT molecular complexity index is 640. The van der Waals surface area contributed by atoms with E-state index in [1.165, 1.54) is 18.3 Å². The molecule has 0 bridgehead atoms. The van der Waals surface area contributed by atoms with Crippen molar-refractivity contribution in [1.29, 1.82) is 0 Å². The second-order valence-electron chi connectivity index (χ2n) is 5.10. The molecule has 2 heterocycles. The number of thiazole rings is 1. The SMILES string of the molecule is Cc1nc(-c2csc(C(C)(C)C)n2)[nH]c(=O)c1F. The Morgan fingerprint density at radius 1 is 1.33 bits per heavy atom. The van der Waals surface area contributed by atoms with Crippen LogP contribution in [0.1, 0.15) is 31.5 Å². The van der Waals surface area contributed by atoms with Crippen LogP contribution in [0.2, 0.25) is 0 Å². The summed E-state index contributed by atoms with van der Waals surface area (Å²) in [5, 5.41) is 2.76. The van der Waals surface area contributed by atoms with Crippen LogP contribution in [0.15, 0.2) is 10.2 Å². The Hall–Kier alpha value is -1.56. The Balaban J connectivity index is 2.50. The number of aromatic nitrogens is 3. The van der Waals surface area contributed by atoms with Gasteiger partial charge in [-0.2, -0.15) is 4.39 Å². The first-order valence-electron chi connectivity index (χ1n) is 5.52. The van der Waals surface area contributed by atoms with E-state index in [2.05, 4.69) is 35.7 Å². The van der Waals surface area contributed by atoms with Crippen molar-refractivity contribution in [2.45, 2.75) is 33.1 Å². The first kappa shape index (κ1) is 12.9. The highest BCUT2D eigenvalue weighted by molar-refractivity contribution is 7.10. The lowest BCUT2D eigenvalue weighted by Crippen LogP contribution is -2.16. The second-order valence-corrected chi connectivity index (χ2v) is 5.96. The summed E-state index contributed by atoms with van der Waals surface area (Å²) in [5.74, 6) is -0.532. The molecule has 0 fully saturated rings. The van der Waals surface area contributed by atoms with Crippen molar-refractivity contribution in [3.63, 3.8) is 0 Å². The fraction of sp³-hybridized carbons (Fsp3) is 0.417. The van der Waals surface area contributed by atoms with Crippen LogP contribution in [-0.2, 0) is 5.41 Å². The van der Waals surface area contributed by atoms with Gasteiger partial charge in [-0.25, -0.2) is 9.97 Å². The smallest absolute Gasteiger partial charge is 0.287 e. The summed E-state index contributed by atoms with van der Waals surface area (Å²) in [6, 6.07) is 0. The largest absolute Gasteiger partial charge is 0.303 e. The Morgan fingerprint density at radius 3 is 2.50 bits per heavy atom. The highest BCUT2D eigenvalue weighted by Crippen LogP contribution is 2.28. The number of rotatable bonds is 1. The molecule has 0 atom stereocenters. The van der Waals surface area contributed by atoms with Crippen molar-refractivity contribution in [3.05, 3.63) is 32.3 Å². The molecule has 2 aromatic rings. The van der Waals surface area contributed by atoms with Crippen molar-refractivity contribution in [3.8, 4) is 11.5 Å². The highest BCUT2D eigenvalue weighted by atomic mass is 32.1. The van der Waals surface area contributed by atoms with Crippen molar-refractivity contribution < 1.29 is 4.39 Å². The molecule has 0 radical (unpaired) electrons. The lowest BCUT2D eigenvalue weighted by atomic mass is 9.98. The van der Waals surface area contributed by atoms with Gasteiger partial charge in [0.1, 0.15) is 5.69 Å².